The van der Waals surface area contributed by atoms with Crippen LogP contribution in [0.25, 0.3) is 0 Å². The maximum Gasteiger partial charge on any atom is 0.0524 e. The van der Waals surface area contributed by atoms with Crippen LogP contribution in [0.3, 0.4) is 0 Å². The number of aliphatic imine (C=N–C) groups is 1. The largest absolute Gasteiger partial charge is 0.287 e. The summed E-state index contributed by atoms with van der Waals surface area (Å²) in [4.78, 5) is 4.43. The quantitative estimate of drug-likeness (QED) is 0.664. The van der Waals surface area contributed by atoms with E-state index in [9.17, 15) is 0 Å². The molecule has 0 spiro atoms. The van der Waals surface area contributed by atoms with Crippen molar-refractivity contribution in [3.05, 3.63) is 34.3 Å². The molecule has 1 rings (SSSR count). The van der Waals surface area contributed by atoms with E-state index >= 15 is 0 Å². The van der Waals surface area contributed by atoms with Gasteiger partial charge in [0, 0.05) is 16.3 Å². The Hall–Kier alpha value is -0.630. The van der Waals surface area contributed by atoms with Crippen LogP contribution in [0.2, 0.25) is 0 Å². The molecule has 0 saturated carbocycles. The van der Waals surface area contributed by atoms with Gasteiger partial charge < -0.3 is 0 Å². The van der Waals surface area contributed by atoms with Gasteiger partial charge in [0.25, 0.3) is 0 Å². The Kier molecular flexibility index (Phi) is 3.26. The Bertz CT molecular complexity index is 310. The highest BCUT2D eigenvalue weighted by molar-refractivity contribution is 9.10. The molecule has 0 amide bonds. The van der Waals surface area contributed by atoms with Gasteiger partial charge in [0.05, 0.1) is 5.54 Å². The van der Waals surface area contributed by atoms with Gasteiger partial charge in [-0.1, -0.05) is 34.1 Å². The molecule has 0 fully saturated rings. The van der Waals surface area contributed by atoms with Crippen LogP contribution in [0.5, 0.6) is 0 Å². The molecule has 0 bridgehead atoms. The van der Waals surface area contributed by atoms with E-state index < -0.39 is 0 Å². The number of benzene rings is 1. The lowest BCUT2D eigenvalue weighted by Gasteiger charge is -2.10. The summed E-state index contributed by atoms with van der Waals surface area (Å²) in [7, 11) is 0. The van der Waals surface area contributed by atoms with Crippen molar-refractivity contribution < 1.29 is 0 Å². The van der Waals surface area contributed by atoms with Crippen LogP contribution in [0.1, 0.15) is 26.3 Å². The van der Waals surface area contributed by atoms with Crippen molar-refractivity contribution in [1.29, 1.82) is 0 Å². The highest BCUT2D eigenvalue weighted by Crippen LogP contribution is 2.15. The van der Waals surface area contributed by atoms with Crippen molar-refractivity contribution in [2.45, 2.75) is 26.3 Å². The van der Waals surface area contributed by atoms with E-state index in [1.54, 1.807) is 0 Å². The fourth-order valence-electron chi connectivity index (χ4n) is 0.843. The summed E-state index contributed by atoms with van der Waals surface area (Å²) in [6.45, 7) is 6.25. The fourth-order valence-corrected chi connectivity index (χ4v) is 1.23. The molecule has 2 heteroatoms. The molecule has 0 saturated heterocycles. The van der Waals surface area contributed by atoms with Gasteiger partial charge in [0.2, 0.25) is 0 Å². The molecule has 1 nitrogen and oxygen atoms in total. The lowest BCUT2D eigenvalue weighted by Crippen LogP contribution is -2.09. The number of nitrogens with zero attached hydrogens (tertiary/aromatic N) is 1. The second-order valence-corrected chi connectivity index (χ2v) is 4.80. The predicted molar refractivity (Wildman–Crippen MR) is 61.5 cm³/mol. The minimum absolute atomic E-state index is 0.00468. The van der Waals surface area contributed by atoms with Crippen LogP contribution >= 0.6 is 15.9 Å². The number of halogens is 1. The zero-order valence-electron chi connectivity index (χ0n) is 8.21. The van der Waals surface area contributed by atoms with Gasteiger partial charge in [0.1, 0.15) is 0 Å². The summed E-state index contributed by atoms with van der Waals surface area (Å²) in [5.41, 5.74) is 1.12. The molecule has 0 unspecified atom stereocenters. The van der Waals surface area contributed by atoms with Gasteiger partial charge in [0.15, 0.2) is 0 Å². The van der Waals surface area contributed by atoms with Crippen LogP contribution in [0.15, 0.2) is 33.7 Å². The Balaban J connectivity index is 2.86. The van der Waals surface area contributed by atoms with E-state index in [1.165, 1.54) is 0 Å². The van der Waals surface area contributed by atoms with Crippen molar-refractivity contribution in [3.63, 3.8) is 0 Å². The van der Waals surface area contributed by atoms with E-state index in [1.807, 2.05) is 30.5 Å². The number of hydrogen-bond donors (Lipinski definition) is 0. The van der Waals surface area contributed by atoms with Crippen molar-refractivity contribution in [2.24, 2.45) is 4.99 Å². The summed E-state index contributed by atoms with van der Waals surface area (Å²) in [5.74, 6) is 0. The first-order chi connectivity index (χ1) is 5.99. The van der Waals surface area contributed by atoms with Crippen LogP contribution < -0.4 is 0 Å². The highest BCUT2D eigenvalue weighted by Gasteiger charge is 2.05. The first-order valence-electron chi connectivity index (χ1n) is 4.29. The standard InChI is InChI=1S/C11H14BrN/c1-11(2,3)13-8-9-6-4-5-7-10(9)12/h4-8H,1-3H3. The monoisotopic (exact) mass is 239 g/mol. The lowest BCUT2D eigenvalue weighted by molar-refractivity contribution is 0.586. The van der Waals surface area contributed by atoms with Crippen molar-refractivity contribution in [2.75, 3.05) is 0 Å². The molecule has 1 aromatic rings. The summed E-state index contributed by atoms with van der Waals surface area (Å²) in [5, 5.41) is 0. The van der Waals surface area contributed by atoms with Gasteiger partial charge in [-0.3, -0.25) is 4.99 Å². The molecule has 0 aromatic heterocycles. The van der Waals surface area contributed by atoms with Gasteiger partial charge in [-0.25, -0.2) is 0 Å². The van der Waals surface area contributed by atoms with Gasteiger partial charge in [-0.15, -0.1) is 0 Å². The van der Waals surface area contributed by atoms with E-state index in [4.69, 9.17) is 0 Å². The average molecular weight is 240 g/mol. The van der Waals surface area contributed by atoms with Crippen LogP contribution in [-0.2, 0) is 0 Å². The Morgan fingerprint density at radius 3 is 2.38 bits per heavy atom. The summed E-state index contributed by atoms with van der Waals surface area (Å²) < 4.78 is 1.09. The van der Waals surface area contributed by atoms with E-state index in [0.717, 1.165) is 10.0 Å². The minimum atomic E-state index is -0.00468. The molecule has 0 aliphatic carbocycles. The Morgan fingerprint density at radius 1 is 1.23 bits per heavy atom. The van der Waals surface area contributed by atoms with E-state index in [0.29, 0.717) is 0 Å². The molecular weight excluding hydrogens is 226 g/mol. The summed E-state index contributed by atoms with van der Waals surface area (Å²) in [6, 6.07) is 8.07. The maximum atomic E-state index is 4.43. The molecule has 70 valence electrons. The third-order valence-electron chi connectivity index (χ3n) is 1.50. The predicted octanol–water partition coefficient (Wildman–Crippen LogP) is 3.67. The molecule has 0 atom stereocenters. The number of hydrogen-bond acceptors (Lipinski definition) is 1. The second-order valence-electron chi connectivity index (χ2n) is 3.95. The molecule has 0 heterocycles. The van der Waals surface area contributed by atoms with Crippen LogP contribution in [0.4, 0.5) is 0 Å². The third-order valence-corrected chi connectivity index (χ3v) is 2.22. The Morgan fingerprint density at radius 2 is 1.85 bits per heavy atom. The zero-order chi connectivity index (χ0) is 9.90. The van der Waals surface area contributed by atoms with Crippen LogP contribution in [-0.4, -0.2) is 11.8 Å². The normalized spacial score (nSPS) is 12.3. The average Bonchev–Trinajstić information content (AvgIpc) is 2.01. The summed E-state index contributed by atoms with van der Waals surface area (Å²) in [6.07, 6.45) is 1.91. The van der Waals surface area contributed by atoms with Gasteiger partial charge in [-0.05, 0) is 26.8 Å². The SMILES string of the molecule is CC(C)(C)N=Cc1ccccc1Br. The molecular formula is C11H14BrN. The Labute approximate surface area is 88.0 Å². The number of rotatable bonds is 1. The molecule has 0 N–H and O–H groups in total. The van der Waals surface area contributed by atoms with Crippen molar-refractivity contribution in [3.8, 4) is 0 Å². The summed E-state index contributed by atoms with van der Waals surface area (Å²) >= 11 is 3.47. The maximum absolute atomic E-state index is 4.43. The lowest BCUT2D eigenvalue weighted by atomic mass is 10.1. The molecule has 0 aliphatic heterocycles. The first-order valence-corrected chi connectivity index (χ1v) is 5.08. The minimum Gasteiger partial charge on any atom is -0.287 e. The smallest absolute Gasteiger partial charge is 0.0524 e. The molecule has 0 radical (unpaired) electrons. The fraction of sp³-hybridized carbons (Fsp3) is 0.364. The van der Waals surface area contributed by atoms with E-state index in [2.05, 4.69) is 41.7 Å². The van der Waals surface area contributed by atoms with Crippen molar-refractivity contribution >= 4 is 22.1 Å². The molecule has 0 aliphatic rings. The topological polar surface area (TPSA) is 12.4 Å². The highest BCUT2D eigenvalue weighted by atomic mass is 79.9. The first kappa shape index (κ1) is 10.5. The molecule has 1 aromatic carbocycles. The van der Waals surface area contributed by atoms with E-state index in [-0.39, 0.29) is 5.54 Å². The second kappa shape index (κ2) is 4.05. The van der Waals surface area contributed by atoms with Crippen molar-refractivity contribution in [1.82, 2.24) is 0 Å². The van der Waals surface area contributed by atoms with Gasteiger partial charge in [-0.2, -0.15) is 0 Å². The van der Waals surface area contributed by atoms with Gasteiger partial charge >= 0.3 is 0 Å². The molecule has 13 heavy (non-hydrogen) atoms. The van der Waals surface area contributed by atoms with Crippen LogP contribution in [0, 0.1) is 0 Å². The third kappa shape index (κ3) is 3.73. The zero-order valence-corrected chi connectivity index (χ0v) is 9.80.